The molecule has 4 heteroatoms. The van der Waals surface area contributed by atoms with Crippen LogP contribution in [0, 0.1) is 0 Å². The van der Waals surface area contributed by atoms with Crippen LogP contribution in [-0.4, -0.2) is 13.1 Å². The van der Waals surface area contributed by atoms with Gasteiger partial charge in [-0.05, 0) is 29.7 Å². The second-order valence-electron chi connectivity index (χ2n) is 3.20. The Morgan fingerprint density at radius 1 is 1.69 bits per heavy atom. The van der Waals surface area contributed by atoms with E-state index in [1.54, 1.807) is 0 Å². The number of hydrogen-bond acceptors (Lipinski definition) is 4. The summed E-state index contributed by atoms with van der Waals surface area (Å²) in [7, 11) is 1.39. The standard InChI is InChI=1S/C9H11NO2S/c1-12-9(11)7-6(5-2-3-5)4-13-8(7)10/h4-5H,2-3,10H2,1H3. The first-order valence-electron chi connectivity index (χ1n) is 4.19. The Morgan fingerprint density at radius 2 is 2.38 bits per heavy atom. The van der Waals surface area contributed by atoms with E-state index in [4.69, 9.17) is 5.73 Å². The van der Waals surface area contributed by atoms with Gasteiger partial charge in [0.2, 0.25) is 0 Å². The van der Waals surface area contributed by atoms with Gasteiger partial charge in [-0.25, -0.2) is 4.79 Å². The van der Waals surface area contributed by atoms with Crippen molar-refractivity contribution in [3.8, 4) is 0 Å². The summed E-state index contributed by atoms with van der Waals surface area (Å²) >= 11 is 1.42. The molecule has 70 valence electrons. The van der Waals surface area contributed by atoms with Crippen LogP contribution < -0.4 is 5.73 Å². The normalized spacial score (nSPS) is 15.8. The summed E-state index contributed by atoms with van der Waals surface area (Å²) in [6.45, 7) is 0. The summed E-state index contributed by atoms with van der Waals surface area (Å²) in [5.41, 5.74) is 7.37. The van der Waals surface area contributed by atoms with Gasteiger partial charge in [0, 0.05) is 0 Å². The van der Waals surface area contributed by atoms with E-state index in [1.807, 2.05) is 5.38 Å². The fraction of sp³-hybridized carbons (Fsp3) is 0.444. The summed E-state index contributed by atoms with van der Waals surface area (Å²) < 4.78 is 4.68. The topological polar surface area (TPSA) is 52.3 Å². The van der Waals surface area contributed by atoms with Gasteiger partial charge in [0.05, 0.1) is 12.7 Å². The molecule has 0 aromatic carbocycles. The number of nitrogens with two attached hydrogens (primary N) is 1. The van der Waals surface area contributed by atoms with Crippen LogP contribution in [0.4, 0.5) is 5.00 Å². The third-order valence-corrected chi connectivity index (χ3v) is 3.08. The van der Waals surface area contributed by atoms with E-state index in [0.29, 0.717) is 16.5 Å². The highest BCUT2D eigenvalue weighted by Crippen LogP contribution is 2.45. The van der Waals surface area contributed by atoms with Gasteiger partial charge in [0.1, 0.15) is 5.00 Å². The molecule has 0 unspecified atom stereocenters. The maximum absolute atomic E-state index is 11.4. The van der Waals surface area contributed by atoms with Crippen molar-refractivity contribution in [3.63, 3.8) is 0 Å². The molecule has 1 aliphatic rings. The number of thiophene rings is 1. The molecule has 3 nitrogen and oxygen atoms in total. The Hall–Kier alpha value is -1.03. The molecular weight excluding hydrogens is 186 g/mol. The Kier molecular flexibility index (Phi) is 2.00. The second kappa shape index (κ2) is 3.03. The lowest BCUT2D eigenvalue weighted by atomic mass is 10.1. The highest BCUT2D eigenvalue weighted by molar-refractivity contribution is 7.14. The lowest BCUT2D eigenvalue weighted by Gasteiger charge is -2.01. The first kappa shape index (κ1) is 8.56. The van der Waals surface area contributed by atoms with Gasteiger partial charge in [-0.15, -0.1) is 11.3 Å². The number of anilines is 1. The molecule has 1 aromatic rings. The number of carbonyl (C=O) groups excluding carboxylic acids is 1. The lowest BCUT2D eigenvalue weighted by Crippen LogP contribution is -2.05. The molecule has 0 saturated heterocycles. The molecule has 0 spiro atoms. The smallest absolute Gasteiger partial charge is 0.341 e. The number of hydrogen-bond donors (Lipinski definition) is 1. The van der Waals surface area contributed by atoms with Crippen LogP contribution in [0.2, 0.25) is 0 Å². The largest absolute Gasteiger partial charge is 0.465 e. The van der Waals surface area contributed by atoms with Gasteiger partial charge in [-0.3, -0.25) is 0 Å². The maximum Gasteiger partial charge on any atom is 0.341 e. The van der Waals surface area contributed by atoms with E-state index in [0.717, 1.165) is 5.56 Å². The molecule has 1 saturated carbocycles. The van der Waals surface area contributed by atoms with E-state index < -0.39 is 0 Å². The van der Waals surface area contributed by atoms with Crippen LogP contribution in [-0.2, 0) is 4.74 Å². The molecular formula is C9H11NO2S. The molecule has 2 N–H and O–H groups in total. The molecule has 0 aliphatic heterocycles. The molecule has 0 bridgehead atoms. The number of ether oxygens (including phenoxy) is 1. The fourth-order valence-electron chi connectivity index (χ4n) is 1.40. The van der Waals surface area contributed by atoms with Gasteiger partial charge in [-0.1, -0.05) is 0 Å². The molecule has 0 amide bonds. The van der Waals surface area contributed by atoms with Crippen molar-refractivity contribution in [3.05, 3.63) is 16.5 Å². The Balaban J connectivity index is 2.39. The van der Waals surface area contributed by atoms with Crippen LogP contribution in [0.5, 0.6) is 0 Å². The molecule has 1 heterocycles. The first-order chi connectivity index (χ1) is 6.24. The molecule has 1 aliphatic carbocycles. The van der Waals surface area contributed by atoms with Crippen molar-refractivity contribution < 1.29 is 9.53 Å². The lowest BCUT2D eigenvalue weighted by molar-refractivity contribution is 0.0601. The summed E-state index contributed by atoms with van der Waals surface area (Å²) in [5, 5.41) is 2.55. The van der Waals surface area contributed by atoms with Crippen molar-refractivity contribution in [1.29, 1.82) is 0 Å². The quantitative estimate of drug-likeness (QED) is 0.738. The zero-order valence-electron chi connectivity index (χ0n) is 7.37. The van der Waals surface area contributed by atoms with Gasteiger partial charge in [0.25, 0.3) is 0 Å². The Labute approximate surface area is 80.5 Å². The molecule has 1 fully saturated rings. The van der Waals surface area contributed by atoms with E-state index >= 15 is 0 Å². The summed E-state index contributed by atoms with van der Waals surface area (Å²) in [4.78, 5) is 11.4. The maximum atomic E-state index is 11.4. The summed E-state index contributed by atoms with van der Waals surface area (Å²) in [6.07, 6.45) is 2.33. The number of methoxy groups -OCH3 is 1. The SMILES string of the molecule is COC(=O)c1c(C2CC2)csc1N. The summed E-state index contributed by atoms with van der Waals surface area (Å²) in [6, 6.07) is 0. The molecule has 0 radical (unpaired) electrons. The molecule has 2 rings (SSSR count). The van der Waals surface area contributed by atoms with Crippen LogP contribution in [0.3, 0.4) is 0 Å². The molecule has 1 aromatic heterocycles. The average molecular weight is 197 g/mol. The van der Waals surface area contributed by atoms with Crippen molar-refractivity contribution in [1.82, 2.24) is 0 Å². The average Bonchev–Trinajstić information content (AvgIpc) is 2.89. The minimum atomic E-state index is -0.305. The van der Waals surface area contributed by atoms with Crippen LogP contribution in [0.1, 0.15) is 34.7 Å². The van der Waals surface area contributed by atoms with Crippen molar-refractivity contribution in [2.45, 2.75) is 18.8 Å². The third kappa shape index (κ3) is 1.42. The van der Waals surface area contributed by atoms with E-state index in [1.165, 1.54) is 31.3 Å². The van der Waals surface area contributed by atoms with Crippen molar-refractivity contribution in [2.24, 2.45) is 0 Å². The number of rotatable bonds is 2. The predicted octanol–water partition coefficient (Wildman–Crippen LogP) is 1.99. The highest BCUT2D eigenvalue weighted by atomic mass is 32.1. The minimum Gasteiger partial charge on any atom is -0.465 e. The van der Waals surface area contributed by atoms with Gasteiger partial charge >= 0.3 is 5.97 Å². The Bertz CT molecular complexity index is 341. The second-order valence-corrected chi connectivity index (χ2v) is 4.11. The number of carbonyl (C=O) groups is 1. The van der Waals surface area contributed by atoms with Gasteiger partial charge in [-0.2, -0.15) is 0 Å². The fourth-order valence-corrected chi connectivity index (χ4v) is 2.29. The van der Waals surface area contributed by atoms with Crippen LogP contribution in [0.25, 0.3) is 0 Å². The van der Waals surface area contributed by atoms with Crippen molar-refractivity contribution >= 4 is 22.3 Å². The Morgan fingerprint density at radius 3 is 2.92 bits per heavy atom. The summed E-state index contributed by atoms with van der Waals surface area (Å²) in [5.74, 6) is 0.239. The van der Waals surface area contributed by atoms with E-state index in [9.17, 15) is 4.79 Å². The highest BCUT2D eigenvalue weighted by Gasteiger charge is 2.30. The zero-order valence-corrected chi connectivity index (χ0v) is 8.19. The van der Waals surface area contributed by atoms with Crippen LogP contribution in [0.15, 0.2) is 5.38 Å². The third-order valence-electron chi connectivity index (χ3n) is 2.25. The molecule has 0 atom stereocenters. The van der Waals surface area contributed by atoms with Crippen molar-refractivity contribution in [2.75, 3.05) is 12.8 Å². The number of esters is 1. The van der Waals surface area contributed by atoms with Gasteiger partial charge < -0.3 is 10.5 Å². The minimum absolute atomic E-state index is 0.305. The first-order valence-corrected chi connectivity index (χ1v) is 5.07. The predicted molar refractivity (Wildman–Crippen MR) is 52.0 cm³/mol. The monoisotopic (exact) mass is 197 g/mol. The van der Waals surface area contributed by atoms with Gasteiger partial charge in [0.15, 0.2) is 0 Å². The van der Waals surface area contributed by atoms with Crippen LogP contribution >= 0.6 is 11.3 Å². The molecule has 13 heavy (non-hydrogen) atoms. The zero-order chi connectivity index (χ0) is 9.42. The number of nitrogen functional groups attached to an aromatic ring is 1. The van der Waals surface area contributed by atoms with E-state index in [2.05, 4.69) is 4.74 Å². The van der Waals surface area contributed by atoms with E-state index in [-0.39, 0.29) is 5.97 Å².